The first-order valence-corrected chi connectivity index (χ1v) is 5.93. The number of nitrogens with zero attached hydrogens (tertiary/aromatic N) is 5. The molecule has 0 aliphatic rings. The van der Waals surface area contributed by atoms with Crippen molar-refractivity contribution in [3.05, 3.63) is 60.4 Å². The molecule has 2 aromatic heterocycles. The molecule has 7 heteroatoms. The van der Waals surface area contributed by atoms with Crippen LogP contribution in [-0.2, 0) is 6.54 Å². The number of rotatable bonds is 4. The van der Waals surface area contributed by atoms with Crippen LogP contribution in [0.25, 0.3) is 5.69 Å². The first kappa shape index (κ1) is 12.1. The number of aromatic carboxylic acids is 1. The van der Waals surface area contributed by atoms with Crippen molar-refractivity contribution < 1.29 is 9.90 Å². The maximum atomic E-state index is 11.2. The molecule has 7 nitrogen and oxygen atoms in total. The Hall–Kier alpha value is -2.96. The Morgan fingerprint density at radius 1 is 1.25 bits per heavy atom. The molecule has 0 radical (unpaired) electrons. The summed E-state index contributed by atoms with van der Waals surface area (Å²) in [5.74, 6) is -0.978. The Balaban J connectivity index is 1.92. The zero-order chi connectivity index (χ0) is 13.9. The molecule has 0 aliphatic heterocycles. The van der Waals surface area contributed by atoms with Gasteiger partial charge in [-0.15, -0.1) is 0 Å². The SMILES string of the molecule is O=C(O)c1ccccc1-n1cc(Cn2cncn2)cn1. The van der Waals surface area contributed by atoms with E-state index in [-0.39, 0.29) is 5.56 Å². The average Bonchev–Trinajstić information content (AvgIpc) is 3.11. The molecular formula is C13H11N5O2. The predicted molar refractivity (Wildman–Crippen MR) is 69.6 cm³/mol. The lowest BCUT2D eigenvalue weighted by Crippen LogP contribution is -2.05. The molecule has 1 aromatic carbocycles. The number of hydrogen-bond donors (Lipinski definition) is 1. The smallest absolute Gasteiger partial charge is 0.337 e. The Morgan fingerprint density at radius 2 is 2.10 bits per heavy atom. The number of carboxylic acid groups (broad SMARTS) is 1. The van der Waals surface area contributed by atoms with Crippen LogP contribution in [-0.4, -0.2) is 35.6 Å². The van der Waals surface area contributed by atoms with Gasteiger partial charge in [0, 0.05) is 11.8 Å². The van der Waals surface area contributed by atoms with Gasteiger partial charge in [-0.25, -0.2) is 19.1 Å². The molecular weight excluding hydrogens is 258 g/mol. The first-order valence-electron chi connectivity index (χ1n) is 5.93. The predicted octanol–water partition coefficient (Wildman–Crippen LogP) is 1.21. The summed E-state index contributed by atoms with van der Waals surface area (Å²) in [5, 5.41) is 17.4. The van der Waals surface area contributed by atoms with Gasteiger partial charge in [-0.3, -0.25) is 0 Å². The summed E-state index contributed by atoms with van der Waals surface area (Å²) >= 11 is 0. The largest absolute Gasteiger partial charge is 0.478 e. The summed E-state index contributed by atoms with van der Waals surface area (Å²) in [4.78, 5) is 15.1. The van der Waals surface area contributed by atoms with E-state index in [0.717, 1.165) is 5.56 Å². The standard InChI is InChI=1S/C13H11N5O2/c19-13(20)11-3-1-2-4-12(11)18-7-10(5-15-18)6-17-9-14-8-16-17/h1-5,7-9H,6H2,(H,19,20). The number of hydrogen-bond acceptors (Lipinski definition) is 4. The van der Waals surface area contributed by atoms with E-state index in [0.29, 0.717) is 12.2 Å². The summed E-state index contributed by atoms with van der Waals surface area (Å²) < 4.78 is 3.22. The van der Waals surface area contributed by atoms with Crippen molar-refractivity contribution in [2.45, 2.75) is 6.54 Å². The molecule has 0 unspecified atom stereocenters. The molecule has 3 aromatic rings. The van der Waals surface area contributed by atoms with Gasteiger partial charge in [0.15, 0.2) is 0 Å². The summed E-state index contributed by atoms with van der Waals surface area (Å²) in [6.45, 7) is 0.537. The van der Waals surface area contributed by atoms with Crippen LogP contribution in [0.3, 0.4) is 0 Å². The van der Waals surface area contributed by atoms with Crippen LogP contribution in [0, 0.1) is 0 Å². The van der Waals surface area contributed by atoms with Gasteiger partial charge in [0.05, 0.1) is 24.0 Å². The molecule has 0 bridgehead atoms. The van der Waals surface area contributed by atoms with Gasteiger partial charge in [0.25, 0.3) is 0 Å². The van der Waals surface area contributed by atoms with Gasteiger partial charge >= 0.3 is 5.97 Å². The fourth-order valence-electron chi connectivity index (χ4n) is 1.93. The third-order valence-corrected chi connectivity index (χ3v) is 2.83. The fraction of sp³-hybridized carbons (Fsp3) is 0.0769. The highest BCUT2D eigenvalue weighted by atomic mass is 16.4. The molecule has 1 N–H and O–H groups in total. The van der Waals surface area contributed by atoms with Crippen molar-refractivity contribution >= 4 is 5.97 Å². The first-order chi connectivity index (χ1) is 9.74. The minimum Gasteiger partial charge on any atom is -0.478 e. The van der Waals surface area contributed by atoms with Gasteiger partial charge < -0.3 is 5.11 Å². The van der Waals surface area contributed by atoms with Crippen molar-refractivity contribution in [1.29, 1.82) is 0 Å². The van der Waals surface area contributed by atoms with Crippen LogP contribution in [0.2, 0.25) is 0 Å². The summed E-state index contributed by atoms with van der Waals surface area (Å²) in [7, 11) is 0. The molecule has 0 fully saturated rings. The van der Waals surface area contributed by atoms with Gasteiger partial charge in [-0.1, -0.05) is 12.1 Å². The number of carbonyl (C=O) groups is 1. The lowest BCUT2D eigenvalue weighted by Gasteiger charge is -2.05. The molecule has 0 amide bonds. The maximum Gasteiger partial charge on any atom is 0.337 e. The Labute approximate surface area is 114 Å². The quantitative estimate of drug-likeness (QED) is 0.769. The van der Waals surface area contributed by atoms with E-state index < -0.39 is 5.97 Å². The van der Waals surface area contributed by atoms with Crippen LogP contribution in [0.5, 0.6) is 0 Å². The average molecular weight is 269 g/mol. The van der Waals surface area contributed by atoms with E-state index in [1.54, 1.807) is 52.4 Å². The summed E-state index contributed by atoms with van der Waals surface area (Å²) in [6, 6.07) is 6.74. The van der Waals surface area contributed by atoms with Crippen molar-refractivity contribution in [2.24, 2.45) is 0 Å². The highest BCUT2D eigenvalue weighted by Gasteiger charge is 2.11. The topological polar surface area (TPSA) is 85.8 Å². The van der Waals surface area contributed by atoms with Crippen LogP contribution in [0.1, 0.15) is 15.9 Å². The zero-order valence-corrected chi connectivity index (χ0v) is 10.4. The monoisotopic (exact) mass is 269 g/mol. The molecule has 0 saturated heterocycles. The third-order valence-electron chi connectivity index (χ3n) is 2.83. The minimum atomic E-state index is -0.978. The van der Waals surface area contributed by atoms with Gasteiger partial charge in [0.2, 0.25) is 0 Å². The second-order valence-corrected chi connectivity index (χ2v) is 4.21. The number of para-hydroxylation sites is 1. The van der Waals surface area contributed by atoms with Crippen molar-refractivity contribution in [1.82, 2.24) is 24.5 Å². The van der Waals surface area contributed by atoms with E-state index in [1.165, 1.54) is 6.33 Å². The zero-order valence-electron chi connectivity index (χ0n) is 10.4. The van der Waals surface area contributed by atoms with Gasteiger partial charge in [-0.05, 0) is 12.1 Å². The molecule has 2 heterocycles. The Kier molecular flexibility index (Phi) is 3.00. The van der Waals surface area contributed by atoms with Crippen LogP contribution in [0.4, 0.5) is 0 Å². The number of benzene rings is 1. The van der Waals surface area contributed by atoms with Crippen LogP contribution >= 0.6 is 0 Å². The van der Waals surface area contributed by atoms with E-state index in [2.05, 4.69) is 15.2 Å². The summed E-state index contributed by atoms with van der Waals surface area (Å²) in [6.07, 6.45) is 6.54. The van der Waals surface area contributed by atoms with Crippen molar-refractivity contribution in [3.8, 4) is 5.69 Å². The molecule has 20 heavy (non-hydrogen) atoms. The highest BCUT2D eigenvalue weighted by molar-refractivity contribution is 5.91. The molecule has 3 rings (SSSR count). The van der Waals surface area contributed by atoms with Crippen LogP contribution in [0.15, 0.2) is 49.3 Å². The molecule has 0 spiro atoms. The van der Waals surface area contributed by atoms with Crippen LogP contribution < -0.4 is 0 Å². The lowest BCUT2D eigenvalue weighted by molar-refractivity contribution is 0.0696. The molecule has 0 aliphatic carbocycles. The lowest BCUT2D eigenvalue weighted by atomic mass is 10.2. The van der Waals surface area contributed by atoms with E-state index in [9.17, 15) is 9.90 Å². The number of carboxylic acids is 1. The van der Waals surface area contributed by atoms with E-state index in [1.807, 2.05) is 0 Å². The van der Waals surface area contributed by atoms with Crippen molar-refractivity contribution in [3.63, 3.8) is 0 Å². The number of aromatic nitrogens is 5. The highest BCUT2D eigenvalue weighted by Crippen LogP contribution is 2.14. The Bertz CT molecular complexity index is 733. The molecule has 0 atom stereocenters. The third kappa shape index (κ3) is 2.28. The van der Waals surface area contributed by atoms with Gasteiger partial charge in [-0.2, -0.15) is 10.2 Å². The maximum absolute atomic E-state index is 11.2. The fourth-order valence-corrected chi connectivity index (χ4v) is 1.93. The van der Waals surface area contributed by atoms with E-state index in [4.69, 9.17) is 0 Å². The van der Waals surface area contributed by atoms with Gasteiger partial charge in [0.1, 0.15) is 12.7 Å². The van der Waals surface area contributed by atoms with E-state index >= 15 is 0 Å². The van der Waals surface area contributed by atoms with Crippen molar-refractivity contribution in [2.75, 3.05) is 0 Å². The minimum absolute atomic E-state index is 0.211. The molecule has 100 valence electrons. The second-order valence-electron chi connectivity index (χ2n) is 4.21. The second kappa shape index (κ2) is 4.96. The summed E-state index contributed by atoms with van der Waals surface area (Å²) in [5.41, 5.74) is 1.66. The molecule has 0 saturated carbocycles. The normalized spacial score (nSPS) is 10.6. The Morgan fingerprint density at radius 3 is 2.85 bits per heavy atom.